The van der Waals surface area contributed by atoms with E-state index in [0.717, 1.165) is 25.7 Å². The van der Waals surface area contributed by atoms with Crippen LogP contribution in [-0.2, 0) is 19.1 Å². The molecule has 0 aromatic heterocycles. The predicted molar refractivity (Wildman–Crippen MR) is 151 cm³/mol. The van der Waals surface area contributed by atoms with Crippen LogP contribution in [0.3, 0.4) is 0 Å². The molecule has 9 atom stereocenters. The summed E-state index contributed by atoms with van der Waals surface area (Å²) in [4.78, 5) is 23.8. The number of hydrogen-bond donors (Lipinski definition) is 0. The molecule has 0 bridgehead atoms. The van der Waals surface area contributed by atoms with Crippen molar-refractivity contribution < 1.29 is 19.1 Å². The fourth-order valence-electron chi connectivity index (χ4n) is 11.7. The molecule has 38 heavy (non-hydrogen) atoms. The van der Waals surface area contributed by atoms with E-state index in [0.29, 0.717) is 29.1 Å². The molecule has 0 aromatic carbocycles. The second-order valence-corrected chi connectivity index (χ2v) is 16.1. The van der Waals surface area contributed by atoms with Gasteiger partial charge in [0.2, 0.25) is 0 Å². The molecule has 0 spiro atoms. The number of rotatable bonds is 2. The van der Waals surface area contributed by atoms with Gasteiger partial charge in [-0.05, 0) is 104 Å². The van der Waals surface area contributed by atoms with Gasteiger partial charge in [0.25, 0.3) is 0 Å². The highest BCUT2D eigenvalue weighted by atomic mass is 16.5. The Morgan fingerprint density at radius 3 is 1.82 bits per heavy atom. The van der Waals surface area contributed by atoms with Gasteiger partial charge in [0.1, 0.15) is 12.2 Å². The van der Waals surface area contributed by atoms with Crippen LogP contribution in [-0.4, -0.2) is 24.1 Å². The molecule has 4 nitrogen and oxygen atoms in total. The van der Waals surface area contributed by atoms with Crippen molar-refractivity contribution in [3.05, 3.63) is 11.6 Å². The Hall–Kier alpha value is -1.32. The zero-order chi connectivity index (χ0) is 27.9. The van der Waals surface area contributed by atoms with Gasteiger partial charge in [0, 0.05) is 24.7 Å². The highest BCUT2D eigenvalue weighted by Gasteiger charge is 2.63. The largest absolute Gasteiger partial charge is 0.462 e. The van der Waals surface area contributed by atoms with Crippen LogP contribution in [0.5, 0.6) is 0 Å². The molecule has 4 saturated carbocycles. The van der Waals surface area contributed by atoms with Crippen molar-refractivity contribution in [1.29, 1.82) is 0 Å². The first kappa shape index (κ1) is 28.2. The summed E-state index contributed by atoms with van der Waals surface area (Å²) in [5, 5.41) is 0. The van der Waals surface area contributed by atoms with E-state index >= 15 is 0 Å². The third-order valence-electron chi connectivity index (χ3n) is 13.4. The zero-order valence-electron chi connectivity index (χ0n) is 25.7. The van der Waals surface area contributed by atoms with E-state index in [4.69, 9.17) is 9.47 Å². The van der Waals surface area contributed by atoms with E-state index in [1.165, 1.54) is 38.5 Å². The molecule has 6 unspecified atom stereocenters. The van der Waals surface area contributed by atoms with E-state index in [9.17, 15) is 9.59 Å². The maximum Gasteiger partial charge on any atom is 0.302 e. The van der Waals surface area contributed by atoms with Crippen LogP contribution >= 0.6 is 0 Å². The molecule has 0 aliphatic heterocycles. The van der Waals surface area contributed by atoms with Gasteiger partial charge in [-0.1, -0.05) is 60.1 Å². The summed E-state index contributed by atoms with van der Waals surface area (Å²) >= 11 is 0. The Kier molecular flexibility index (Phi) is 6.76. The zero-order valence-corrected chi connectivity index (χ0v) is 25.7. The van der Waals surface area contributed by atoms with Crippen LogP contribution in [0, 0.1) is 50.7 Å². The first-order chi connectivity index (χ1) is 17.6. The minimum atomic E-state index is -0.140. The Labute approximate surface area is 232 Å². The van der Waals surface area contributed by atoms with Gasteiger partial charge in [0.15, 0.2) is 0 Å². The van der Waals surface area contributed by atoms with Gasteiger partial charge in [0.05, 0.1) is 0 Å². The number of hydrogen-bond acceptors (Lipinski definition) is 4. The monoisotopic (exact) mass is 526 g/mol. The van der Waals surface area contributed by atoms with Crippen molar-refractivity contribution in [2.75, 3.05) is 0 Å². The summed E-state index contributed by atoms with van der Waals surface area (Å²) in [6, 6.07) is 0. The minimum absolute atomic E-state index is 0.00846. The van der Waals surface area contributed by atoms with Crippen molar-refractivity contribution >= 4 is 11.9 Å². The van der Waals surface area contributed by atoms with Crippen LogP contribution in [0.25, 0.3) is 0 Å². The number of ether oxygens (including phenoxy) is 2. The summed E-state index contributed by atoms with van der Waals surface area (Å²) in [7, 11) is 0. The van der Waals surface area contributed by atoms with E-state index < -0.39 is 0 Å². The Balaban J connectivity index is 1.44. The molecule has 4 fully saturated rings. The molecule has 0 N–H and O–H groups in total. The molecule has 0 amide bonds. The average molecular weight is 527 g/mol. The molecule has 4 heteroatoms. The predicted octanol–water partition coefficient (Wildman–Crippen LogP) is 8.28. The first-order valence-electron chi connectivity index (χ1n) is 15.6. The smallest absolute Gasteiger partial charge is 0.302 e. The average Bonchev–Trinajstić information content (AvgIpc) is 2.94. The van der Waals surface area contributed by atoms with Crippen LogP contribution < -0.4 is 0 Å². The first-order valence-corrected chi connectivity index (χ1v) is 15.6. The van der Waals surface area contributed by atoms with E-state index in [1.54, 1.807) is 19.4 Å². The molecule has 0 radical (unpaired) electrons. The third kappa shape index (κ3) is 4.12. The van der Waals surface area contributed by atoms with Crippen molar-refractivity contribution in [2.45, 2.75) is 139 Å². The SMILES string of the molecule is CC(=O)OC1CC[C@@]2(C)C(CC[C@@]3(C)CC4=CCC5C(C)(C)C(OC(C)=O)CC[C@]5(C)C4CCC32)C1(C)C. The Morgan fingerprint density at radius 2 is 1.24 bits per heavy atom. The summed E-state index contributed by atoms with van der Waals surface area (Å²) in [6.45, 7) is 20.4. The van der Waals surface area contributed by atoms with Crippen LogP contribution in [0.15, 0.2) is 11.6 Å². The fraction of sp³-hybridized carbons (Fsp3) is 0.882. The summed E-state index contributed by atoms with van der Waals surface area (Å²) < 4.78 is 11.8. The van der Waals surface area contributed by atoms with Crippen molar-refractivity contribution in [3.63, 3.8) is 0 Å². The quantitative estimate of drug-likeness (QED) is 0.268. The minimum Gasteiger partial charge on any atom is -0.462 e. The fourth-order valence-corrected chi connectivity index (χ4v) is 11.7. The maximum absolute atomic E-state index is 11.9. The topological polar surface area (TPSA) is 52.6 Å². The number of carbonyl (C=O) groups excluding carboxylic acids is 2. The van der Waals surface area contributed by atoms with Gasteiger partial charge >= 0.3 is 11.9 Å². The molecule has 0 aromatic rings. The lowest BCUT2D eigenvalue weighted by atomic mass is 9.42. The highest BCUT2D eigenvalue weighted by Crippen LogP contribution is 2.70. The molecular weight excluding hydrogens is 472 g/mol. The van der Waals surface area contributed by atoms with Crippen LogP contribution in [0.1, 0.15) is 127 Å². The number of fused-ring (bicyclic) bond motifs is 6. The van der Waals surface area contributed by atoms with Gasteiger partial charge in [-0.15, -0.1) is 0 Å². The number of carbonyl (C=O) groups is 2. The lowest BCUT2D eigenvalue weighted by Gasteiger charge is -2.64. The van der Waals surface area contributed by atoms with Crippen molar-refractivity contribution in [1.82, 2.24) is 0 Å². The molecule has 214 valence electrons. The molecular formula is C34H54O4. The van der Waals surface area contributed by atoms with Gasteiger partial charge in [-0.3, -0.25) is 9.59 Å². The Morgan fingerprint density at radius 1 is 0.684 bits per heavy atom. The Bertz CT molecular complexity index is 1010. The molecule has 0 saturated heterocycles. The number of esters is 2. The molecule has 5 aliphatic rings. The standard InChI is InChI=1S/C34H54O4/c1-21(35)37-28-15-18-33(8)24-11-13-27-32(7,20-23(24)10-12-25(33)30(28,3)4)17-14-26-31(5,6)29(38-22(2)36)16-19-34(26,27)9/h10,24-29H,11-20H2,1-9H3/t24?,25?,26?,27?,28?,29?,32-,33+,34-/m0/s1. The maximum atomic E-state index is 11.9. The van der Waals surface area contributed by atoms with Crippen LogP contribution in [0.2, 0.25) is 0 Å². The molecule has 0 heterocycles. The second-order valence-electron chi connectivity index (χ2n) is 16.1. The lowest BCUT2D eigenvalue weighted by molar-refractivity contribution is -0.192. The van der Waals surface area contributed by atoms with Crippen molar-refractivity contribution in [2.24, 2.45) is 50.7 Å². The van der Waals surface area contributed by atoms with E-state index in [2.05, 4.69) is 54.5 Å². The highest BCUT2D eigenvalue weighted by molar-refractivity contribution is 5.66. The van der Waals surface area contributed by atoms with Gasteiger partial charge < -0.3 is 9.47 Å². The van der Waals surface area contributed by atoms with Gasteiger partial charge in [-0.25, -0.2) is 0 Å². The lowest BCUT2D eigenvalue weighted by Crippen LogP contribution is -2.59. The summed E-state index contributed by atoms with van der Waals surface area (Å²) in [6.07, 6.45) is 14.4. The summed E-state index contributed by atoms with van der Waals surface area (Å²) in [5.74, 6) is 2.18. The van der Waals surface area contributed by atoms with E-state index in [-0.39, 0.29) is 45.8 Å². The third-order valence-corrected chi connectivity index (χ3v) is 13.4. The van der Waals surface area contributed by atoms with Gasteiger partial charge in [-0.2, -0.15) is 0 Å². The molecule has 5 rings (SSSR count). The summed E-state index contributed by atoms with van der Waals surface area (Å²) in [5.41, 5.74) is 2.62. The molecule has 5 aliphatic carbocycles. The van der Waals surface area contributed by atoms with Crippen molar-refractivity contribution in [3.8, 4) is 0 Å². The van der Waals surface area contributed by atoms with E-state index in [1.807, 2.05) is 0 Å². The number of allylic oxidation sites excluding steroid dienone is 2. The normalized spacial score (nSPS) is 47.1. The second kappa shape index (κ2) is 9.10. The van der Waals surface area contributed by atoms with Crippen LogP contribution in [0.4, 0.5) is 0 Å².